The Hall–Kier alpha value is -1.09. The van der Waals surface area contributed by atoms with Gasteiger partial charge in [-0.1, -0.05) is 37.8 Å². The van der Waals surface area contributed by atoms with E-state index in [-0.39, 0.29) is 0 Å². The number of hydrogen-bond acceptors (Lipinski definition) is 1. The van der Waals surface area contributed by atoms with Crippen LogP contribution in [0, 0.1) is 0 Å². The van der Waals surface area contributed by atoms with Gasteiger partial charge in [-0.15, -0.1) is 0 Å². The van der Waals surface area contributed by atoms with Crippen molar-refractivity contribution in [1.29, 1.82) is 0 Å². The smallest absolute Gasteiger partial charge is 0.369 e. The molecule has 1 heterocycles. The summed E-state index contributed by atoms with van der Waals surface area (Å²) in [4.78, 5) is 0. The van der Waals surface area contributed by atoms with Crippen molar-refractivity contribution in [2.75, 3.05) is 19.8 Å². The Balaban J connectivity index is 2.37. The summed E-state index contributed by atoms with van der Waals surface area (Å²) in [6, 6.07) is 8.58. The molecule has 92 valence electrons. The highest BCUT2D eigenvalue weighted by atomic mass is 28.3. The SMILES string of the molecule is C/[N+](C[Si](C)(C)C)=C1/OCCc2ccccc21. The molecule has 17 heavy (non-hydrogen) atoms. The average molecular weight is 248 g/mol. The normalized spacial score (nSPS) is 18.4. The van der Waals surface area contributed by atoms with Crippen molar-refractivity contribution in [2.45, 2.75) is 26.1 Å². The number of ether oxygens (including phenoxy) is 1. The Bertz CT molecular complexity index is 446. The second-order valence-electron chi connectivity index (χ2n) is 5.98. The highest BCUT2D eigenvalue weighted by molar-refractivity contribution is 6.75. The highest BCUT2D eigenvalue weighted by Gasteiger charge is 2.27. The largest absolute Gasteiger partial charge is 0.444 e. The zero-order chi connectivity index (χ0) is 12.5. The van der Waals surface area contributed by atoms with Crippen LogP contribution in [0.1, 0.15) is 11.1 Å². The topological polar surface area (TPSA) is 12.2 Å². The van der Waals surface area contributed by atoms with E-state index in [2.05, 4.69) is 55.5 Å². The first kappa shape index (κ1) is 12.4. The van der Waals surface area contributed by atoms with E-state index in [1.54, 1.807) is 0 Å². The number of fused-ring (bicyclic) bond motifs is 1. The number of rotatable bonds is 2. The molecule has 0 saturated heterocycles. The Morgan fingerprint density at radius 1 is 1.24 bits per heavy atom. The van der Waals surface area contributed by atoms with E-state index in [9.17, 15) is 0 Å². The van der Waals surface area contributed by atoms with Gasteiger partial charge in [-0.25, -0.2) is 4.58 Å². The molecule has 0 aliphatic carbocycles. The van der Waals surface area contributed by atoms with Crippen LogP contribution < -0.4 is 0 Å². The van der Waals surface area contributed by atoms with Crippen molar-refractivity contribution in [3.63, 3.8) is 0 Å². The molecule has 0 bridgehead atoms. The van der Waals surface area contributed by atoms with E-state index >= 15 is 0 Å². The molecule has 1 aliphatic heterocycles. The van der Waals surface area contributed by atoms with Crippen molar-refractivity contribution in [3.8, 4) is 0 Å². The Morgan fingerprint density at radius 3 is 2.65 bits per heavy atom. The van der Waals surface area contributed by atoms with Crippen LogP contribution >= 0.6 is 0 Å². The third-order valence-corrected chi connectivity index (χ3v) is 4.34. The minimum Gasteiger partial charge on any atom is -0.444 e. The minimum absolute atomic E-state index is 0.808. The maximum atomic E-state index is 5.88. The quantitative estimate of drug-likeness (QED) is 0.579. The van der Waals surface area contributed by atoms with Crippen molar-refractivity contribution >= 4 is 14.0 Å². The van der Waals surface area contributed by atoms with Crippen molar-refractivity contribution in [2.24, 2.45) is 0 Å². The number of hydrogen-bond donors (Lipinski definition) is 0. The molecule has 3 heteroatoms. The monoisotopic (exact) mass is 248 g/mol. The van der Waals surface area contributed by atoms with Gasteiger partial charge in [0.15, 0.2) is 0 Å². The molecule has 0 atom stereocenters. The van der Waals surface area contributed by atoms with Gasteiger partial charge >= 0.3 is 5.90 Å². The van der Waals surface area contributed by atoms with Gasteiger partial charge in [0, 0.05) is 6.42 Å². The van der Waals surface area contributed by atoms with Gasteiger partial charge in [-0.2, -0.15) is 0 Å². The van der Waals surface area contributed by atoms with Crippen LogP contribution in [0.4, 0.5) is 0 Å². The molecule has 0 fully saturated rings. The van der Waals surface area contributed by atoms with E-state index in [0.717, 1.165) is 25.1 Å². The Labute approximate surface area is 105 Å². The number of benzene rings is 1. The predicted molar refractivity (Wildman–Crippen MR) is 74.6 cm³/mol. The first-order chi connectivity index (χ1) is 7.97. The number of nitrogens with zero attached hydrogens (tertiary/aromatic N) is 1. The van der Waals surface area contributed by atoms with Gasteiger partial charge in [0.05, 0.1) is 12.2 Å². The van der Waals surface area contributed by atoms with Crippen LogP contribution in [0.15, 0.2) is 24.3 Å². The van der Waals surface area contributed by atoms with Gasteiger partial charge in [0.2, 0.25) is 0 Å². The van der Waals surface area contributed by atoms with E-state index < -0.39 is 8.07 Å². The maximum Gasteiger partial charge on any atom is 0.369 e. The third kappa shape index (κ3) is 2.97. The van der Waals surface area contributed by atoms with Crippen LogP contribution in [0.3, 0.4) is 0 Å². The van der Waals surface area contributed by atoms with E-state index in [1.807, 2.05) is 0 Å². The van der Waals surface area contributed by atoms with Crippen LogP contribution in [0.2, 0.25) is 19.6 Å². The molecule has 0 spiro atoms. The summed E-state index contributed by atoms with van der Waals surface area (Å²) in [6.45, 7) is 7.97. The van der Waals surface area contributed by atoms with Crippen LogP contribution in [0.5, 0.6) is 0 Å². The molecular formula is C14H22NOSi+. The van der Waals surface area contributed by atoms with Crippen LogP contribution in [-0.4, -0.2) is 38.4 Å². The fourth-order valence-corrected chi connectivity index (χ4v) is 3.95. The lowest BCUT2D eigenvalue weighted by molar-refractivity contribution is -0.489. The van der Waals surface area contributed by atoms with Crippen LogP contribution in [0.25, 0.3) is 0 Å². The van der Waals surface area contributed by atoms with Crippen LogP contribution in [-0.2, 0) is 11.2 Å². The molecule has 0 amide bonds. The second kappa shape index (κ2) is 4.65. The molecule has 0 saturated carbocycles. The molecule has 0 radical (unpaired) electrons. The fourth-order valence-electron chi connectivity index (χ4n) is 2.38. The Kier molecular flexibility index (Phi) is 3.38. The van der Waals surface area contributed by atoms with E-state index in [0.29, 0.717) is 0 Å². The second-order valence-corrected chi connectivity index (χ2v) is 11.4. The highest BCUT2D eigenvalue weighted by Crippen LogP contribution is 2.17. The van der Waals surface area contributed by atoms with Gasteiger partial charge < -0.3 is 4.74 Å². The first-order valence-corrected chi connectivity index (χ1v) is 9.97. The minimum atomic E-state index is -1.10. The standard InChI is InChI=1S/C14H22NOSi/c1-15(11-17(2,3)4)14-13-8-6-5-7-12(13)9-10-16-14/h5-8H,9-11H2,1-4H3/q+1/b15-14-. The molecule has 1 aromatic carbocycles. The molecule has 0 N–H and O–H groups in total. The van der Waals surface area contributed by atoms with Crippen molar-refractivity contribution < 1.29 is 9.31 Å². The molecule has 2 rings (SSSR count). The molecule has 0 aromatic heterocycles. The average Bonchev–Trinajstić information content (AvgIpc) is 2.26. The molecule has 2 nitrogen and oxygen atoms in total. The summed E-state index contributed by atoms with van der Waals surface area (Å²) in [5.41, 5.74) is 2.69. The first-order valence-electron chi connectivity index (χ1n) is 6.26. The lowest BCUT2D eigenvalue weighted by atomic mass is 10.0. The summed E-state index contributed by atoms with van der Waals surface area (Å²) in [5.74, 6) is 1.06. The predicted octanol–water partition coefficient (Wildman–Crippen LogP) is 2.53. The van der Waals surface area contributed by atoms with E-state index in [4.69, 9.17) is 4.74 Å². The van der Waals surface area contributed by atoms with Gasteiger partial charge in [-0.3, -0.25) is 0 Å². The molecule has 1 aromatic rings. The zero-order valence-electron chi connectivity index (χ0n) is 11.3. The van der Waals surface area contributed by atoms with Crippen molar-refractivity contribution in [3.05, 3.63) is 35.4 Å². The molecular weight excluding hydrogens is 226 g/mol. The summed E-state index contributed by atoms with van der Waals surface area (Å²) in [6.07, 6.45) is 2.16. The summed E-state index contributed by atoms with van der Waals surface area (Å²) in [7, 11) is 1.05. The molecule has 0 unspecified atom stereocenters. The van der Waals surface area contributed by atoms with Gasteiger partial charge in [0.25, 0.3) is 0 Å². The van der Waals surface area contributed by atoms with Crippen molar-refractivity contribution in [1.82, 2.24) is 0 Å². The zero-order valence-corrected chi connectivity index (χ0v) is 12.3. The maximum absolute atomic E-state index is 5.88. The fraction of sp³-hybridized carbons (Fsp3) is 0.500. The molecule has 1 aliphatic rings. The Morgan fingerprint density at radius 2 is 1.94 bits per heavy atom. The summed E-state index contributed by atoms with van der Waals surface area (Å²) >= 11 is 0. The lowest BCUT2D eigenvalue weighted by Crippen LogP contribution is -2.38. The summed E-state index contributed by atoms with van der Waals surface area (Å²) < 4.78 is 8.17. The third-order valence-electron chi connectivity index (χ3n) is 2.92. The van der Waals surface area contributed by atoms with Gasteiger partial charge in [-0.05, 0) is 11.6 Å². The lowest BCUT2D eigenvalue weighted by Gasteiger charge is -2.19. The van der Waals surface area contributed by atoms with Gasteiger partial charge in [0.1, 0.15) is 21.3 Å². The summed E-state index contributed by atoms with van der Waals surface area (Å²) in [5, 5.41) is 0. The van der Waals surface area contributed by atoms with E-state index in [1.165, 1.54) is 11.1 Å².